The quantitative estimate of drug-likeness (QED) is 0.513. The molecule has 0 saturated carbocycles. The zero-order valence-corrected chi connectivity index (χ0v) is 18.3. The van der Waals surface area contributed by atoms with Gasteiger partial charge in [0.05, 0.1) is 12.3 Å². The van der Waals surface area contributed by atoms with Gasteiger partial charge in [-0.2, -0.15) is 0 Å². The van der Waals surface area contributed by atoms with E-state index in [1.807, 2.05) is 55.5 Å². The molecular weight excluding hydrogens is 434 g/mol. The Morgan fingerprint density at radius 3 is 2.55 bits per heavy atom. The van der Waals surface area contributed by atoms with E-state index >= 15 is 0 Å². The van der Waals surface area contributed by atoms with Crippen LogP contribution in [0.5, 0.6) is 0 Å². The van der Waals surface area contributed by atoms with E-state index in [1.54, 1.807) is 0 Å². The molecule has 2 atom stereocenters. The standard InChI is InChI=1S/C23H26BrNO4/c1-3-4-5-20-14-23(22(26)27,29-25-20)21(18-10-12-19(24)13-11-18)28-15-17-8-6-16(2)7-9-17/h6-13,21H,3-5,14-15H2,1-2H3,(H,26,27). The van der Waals surface area contributed by atoms with Gasteiger partial charge in [-0.25, -0.2) is 4.79 Å². The van der Waals surface area contributed by atoms with Crippen LogP contribution < -0.4 is 0 Å². The molecule has 0 spiro atoms. The predicted octanol–water partition coefficient (Wildman–Crippen LogP) is 5.81. The van der Waals surface area contributed by atoms with Gasteiger partial charge < -0.3 is 14.7 Å². The van der Waals surface area contributed by atoms with Gasteiger partial charge in [0.2, 0.25) is 0 Å². The van der Waals surface area contributed by atoms with Crippen molar-refractivity contribution in [1.29, 1.82) is 0 Å². The Kier molecular flexibility index (Phi) is 7.09. The monoisotopic (exact) mass is 459 g/mol. The average molecular weight is 460 g/mol. The Labute approximate surface area is 179 Å². The van der Waals surface area contributed by atoms with Crippen molar-refractivity contribution in [3.63, 3.8) is 0 Å². The van der Waals surface area contributed by atoms with E-state index in [9.17, 15) is 9.90 Å². The van der Waals surface area contributed by atoms with Crippen molar-refractivity contribution in [1.82, 2.24) is 0 Å². The Bertz CT molecular complexity index is 863. The Hall–Kier alpha value is -2.18. The molecule has 2 unspecified atom stereocenters. The third kappa shape index (κ3) is 5.06. The number of unbranched alkanes of at least 4 members (excludes halogenated alkanes) is 1. The zero-order chi connectivity index (χ0) is 20.9. The van der Waals surface area contributed by atoms with Gasteiger partial charge in [-0.15, -0.1) is 0 Å². The van der Waals surface area contributed by atoms with E-state index < -0.39 is 17.7 Å². The molecule has 0 aliphatic carbocycles. The summed E-state index contributed by atoms with van der Waals surface area (Å²) in [5, 5.41) is 14.3. The second-order valence-corrected chi connectivity index (χ2v) is 8.37. The largest absolute Gasteiger partial charge is 0.478 e. The van der Waals surface area contributed by atoms with Crippen LogP contribution in [-0.4, -0.2) is 22.4 Å². The molecule has 154 valence electrons. The van der Waals surface area contributed by atoms with Crippen LogP contribution in [0.1, 0.15) is 55.4 Å². The van der Waals surface area contributed by atoms with Gasteiger partial charge >= 0.3 is 5.97 Å². The highest BCUT2D eigenvalue weighted by molar-refractivity contribution is 9.10. The van der Waals surface area contributed by atoms with E-state index in [0.29, 0.717) is 0 Å². The van der Waals surface area contributed by atoms with Crippen molar-refractivity contribution < 1.29 is 19.5 Å². The van der Waals surface area contributed by atoms with Gasteiger partial charge in [-0.1, -0.05) is 76.4 Å². The molecule has 3 rings (SSSR count). The van der Waals surface area contributed by atoms with Crippen LogP contribution in [0.3, 0.4) is 0 Å². The first kappa shape index (κ1) is 21.5. The van der Waals surface area contributed by atoms with Crippen LogP contribution in [0.2, 0.25) is 0 Å². The molecule has 1 heterocycles. The Morgan fingerprint density at radius 1 is 1.24 bits per heavy atom. The second-order valence-electron chi connectivity index (χ2n) is 7.45. The minimum atomic E-state index is -1.57. The molecule has 0 saturated heterocycles. The van der Waals surface area contributed by atoms with E-state index in [2.05, 4.69) is 28.0 Å². The number of carbonyl (C=O) groups is 1. The highest BCUT2D eigenvalue weighted by Crippen LogP contribution is 2.41. The molecule has 1 aliphatic rings. The van der Waals surface area contributed by atoms with Crippen molar-refractivity contribution in [2.75, 3.05) is 0 Å². The lowest BCUT2D eigenvalue weighted by atomic mass is 9.85. The first-order chi connectivity index (χ1) is 13.9. The van der Waals surface area contributed by atoms with E-state index in [0.717, 1.165) is 46.1 Å². The average Bonchev–Trinajstić information content (AvgIpc) is 3.15. The first-order valence-electron chi connectivity index (χ1n) is 9.84. The minimum absolute atomic E-state index is 0.219. The summed E-state index contributed by atoms with van der Waals surface area (Å²) in [6.45, 7) is 4.40. The van der Waals surface area contributed by atoms with Gasteiger partial charge in [0.15, 0.2) is 0 Å². The topological polar surface area (TPSA) is 68.1 Å². The number of aliphatic carboxylic acids is 1. The molecule has 0 radical (unpaired) electrons. The third-order valence-electron chi connectivity index (χ3n) is 5.12. The van der Waals surface area contributed by atoms with Crippen molar-refractivity contribution >= 4 is 27.6 Å². The summed E-state index contributed by atoms with van der Waals surface area (Å²) in [4.78, 5) is 18.0. The fourth-order valence-electron chi connectivity index (χ4n) is 3.40. The number of carboxylic acids is 1. The Morgan fingerprint density at radius 2 is 1.93 bits per heavy atom. The maximum atomic E-state index is 12.4. The van der Waals surface area contributed by atoms with Crippen molar-refractivity contribution in [2.24, 2.45) is 5.16 Å². The van der Waals surface area contributed by atoms with E-state index in [4.69, 9.17) is 9.57 Å². The SMILES string of the molecule is CCCCC1=NOC(C(=O)O)(C(OCc2ccc(C)cc2)c2ccc(Br)cc2)C1. The predicted molar refractivity (Wildman–Crippen MR) is 116 cm³/mol. The molecule has 0 amide bonds. The highest BCUT2D eigenvalue weighted by atomic mass is 79.9. The van der Waals surface area contributed by atoms with Gasteiger partial charge in [-0.3, -0.25) is 0 Å². The highest BCUT2D eigenvalue weighted by Gasteiger charge is 2.54. The normalized spacial score (nSPS) is 19.5. The number of ether oxygens (including phenoxy) is 1. The molecule has 0 bridgehead atoms. The summed E-state index contributed by atoms with van der Waals surface area (Å²) in [6.07, 6.45) is 2.12. The molecular formula is C23H26BrNO4. The Balaban J connectivity index is 1.89. The van der Waals surface area contributed by atoms with Gasteiger partial charge in [0.25, 0.3) is 5.60 Å². The van der Waals surface area contributed by atoms with Crippen LogP contribution in [0.25, 0.3) is 0 Å². The lowest BCUT2D eigenvalue weighted by molar-refractivity contribution is -0.187. The second kappa shape index (κ2) is 9.55. The number of carboxylic acid groups (broad SMARTS) is 1. The third-order valence-corrected chi connectivity index (χ3v) is 5.65. The lowest BCUT2D eigenvalue weighted by Crippen LogP contribution is -2.46. The number of benzene rings is 2. The smallest absolute Gasteiger partial charge is 0.354 e. The lowest BCUT2D eigenvalue weighted by Gasteiger charge is -2.31. The fraction of sp³-hybridized carbons (Fsp3) is 0.391. The number of hydrogen-bond donors (Lipinski definition) is 1. The van der Waals surface area contributed by atoms with E-state index in [-0.39, 0.29) is 13.0 Å². The molecule has 2 aromatic rings. The summed E-state index contributed by atoms with van der Waals surface area (Å²) < 4.78 is 7.11. The summed E-state index contributed by atoms with van der Waals surface area (Å²) in [5.41, 5.74) is 2.09. The maximum absolute atomic E-state index is 12.4. The number of oxime groups is 1. The molecule has 0 fully saturated rings. The van der Waals surface area contributed by atoms with E-state index in [1.165, 1.54) is 0 Å². The van der Waals surface area contributed by atoms with Crippen LogP contribution >= 0.6 is 15.9 Å². The van der Waals surface area contributed by atoms with Crippen LogP contribution in [0, 0.1) is 6.92 Å². The molecule has 5 nitrogen and oxygen atoms in total. The van der Waals surface area contributed by atoms with Crippen LogP contribution in [0.4, 0.5) is 0 Å². The molecule has 2 aromatic carbocycles. The minimum Gasteiger partial charge on any atom is -0.478 e. The number of halogens is 1. The summed E-state index contributed by atoms with van der Waals surface area (Å²) in [6, 6.07) is 15.5. The molecule has 29 heavy (non-hydrogen) atoms. The maximum Gasteiger partial charge on any atom is 0.354 e. The van der Waals surface area contributed by atoms with Crippen molar-refractivity contribution in [3.05, 3.63) is 69.7 Å². The van der Waals surface area contributed by atoms with Crippen molar-refractivity contribution in [3.8, 4) is 0 Å². The summed E-state index contributed by atoms with van der Waals surface area (Å²) >= 11 is 3.43. The number of nitrogens with zero attached hydrogens (tertiary/aromatic N) is 1. The molecule has 6 heteroatoms. The number of hydrogen-bond acceptors (Lipinski definition) is 4. The number of aryl methyl sites for hydroxylation is 1. The summed E-state index contributed by atoms with van der Waals surface area (Å²) in [7, 11) is 0. The molecule has 1 aliphatic heterocycles. The van der Waals surface area contributed by atoms with Crippen LogP contribution in [0.15, 0.2) is 58.2 Å². The first-order valence-corrected chi connectivity index (χ1v) is 10.6. The zero-order valence-electron chi connectivity index (χ0n) is 16.7. The fourth-order valence-corrected chi connectivity index (χ4v) is 3.66. The van der Waals surface area contributed by atoms with Gasteiger partial charge in [0, 0.05) is 10.9 Å². The van der Waals surface area contributed by atoms with Crippen LogP contribution in [-0.2, 0) is 21.0 Å². The van der Waals surface area contributed by atoms with Crippen molar-refractivity contribution in [2.45, 2.75) is 57.8 Å². The van der Waals surface area contributed by atoms with Gasteiger partial charge in [-0.05, 0) is 43.0 Å². The molecule has 0 aromatic heterocycles. The number of rotatable bonds is 9. The molecule has 1 N–H and O–H groups in total. The summed E-state index contributed by atoms with van der Waals surface area (Å²) in [5.74, 6) is -1.07. The van der Waals surface area contributed by atoms with Gasteiger partial charge in [0.1, 0.15) is 6.10 Å².